The standard InChI is InChI=1S/C23H26F2N2O/c24-20-9-8-18(15-21(20)25)19-11-14-26(16-19)13-10-17-5-1-2-6-22(17)27-12-4-3-7-23(27)28/h1-2,5-6,8-9,15,19H,3-4,7,10-14,16H2. The van der Waals surface area contributed by atoms with Crippen LogP contribution >= 0.6 is 0 Å². The lowest BCUT2D eigenvalue weighted by Crippen LogP contribution is -2.36. The van der Waals surface area contributed by atoms with Gasteiger partial charge in [-0.2, -0.15) is 0 Å². The van der Waals surface area contributed by atoms with Crippen molar-refractivity contribution >= 4 is 11.6 Å². The number of nitrogens with zero attached hydrogens (tertiary/aromatic N) is 2. The lowest BCUT2D eigenvalue weighted by atomic mass is 9.98. The van der Waals surface area contributed by atoms with Gasteiger partial charge in [0.2, 0.25) is 5.91 Å². The number of carbonyl (C=O) groups excluding carboxylic acids is 1. The first-order valence-corrected chi connectivity index (χ1v) is 10.2. The summed E-state index contributed by atoms with van der Waals surface area (Å²) in [6.45, 7) is 3.52. The molecule has 1 amide bonds. The minimum atomic E-state index is -0.789. The first-order valence-electron chi connectivity index (χ1n) is 10.2. The molecule has 4 rings (SSSR count). The van der Waals surface area contributed by atoms with E-state index in [1.807, 2.05) is 23.1 Å². The van der Waals surface area contributed by atoms with E-state index in [4.69, 9.17) is 0 Å². The fraction of sp³-hybridized carbons (Fsp3) is 0.435. The van der Waals surface area contributed by atoms with Crippen molar-refractivity contribution in [1.29, 1.82) is 0 Å². The molecule has 0 N–H and O–H groups in total. The summed E-state index contributed by atoms with van der Waals surface area (Å²) >= 11 is 0. The molecule has 1 atom stereocenters. The SMILES string of the molecule is O=C1CCCCN1c1ccccc1CCN1CCC(c2ccc(F)c(F)c2)C1. The number of likely N-dealkylation sites (tertiary alicyclic amines) is 1. The summed E-state index contributed by atoms with van der Waals surface area (Å²) < 4.78 is 26.7. The number of carbonyl (C=O) groups is 1. The summed E-state index contributed by atoms with van der Waals surface area (Å²) in [5, 5.41) is 0. The molecule has 3 nitrogen and oxygen atoms in total. The Morgan fingerprint density at radius 1 is 1.00 bits per heavy atom. The third kappa shape index (κ3) is 4.09. The molecule has 2 aromatic carbocycles. The van der Waals surface area contributed by atoms with Crippen LogP contribution < -0.4 is 4.90 Å². The maximum atomic E-state index is 13.5. The highest BCUT2D eigenvalue weighted by Gasteiger charge is 2.25. The molecule has 2 fully saturated rings. The van der Waals surface area contributed by atoms with Crippen LogP contribution in [0.3, 0.4) is 0 Å². The van der Waals surface area contributed by atoms with Gasteiger partial charge in [-0.1, -0.05) is 24.3 Å². The highest BCUT2D eigenvalue weighted by Crippen LogP contribution is 2.29. The monoisotopic (exact) mass is 384 g/mol. The average molecular weight is 384 g/mol. The largest absolute Gasteiger partial charge is 0.312 e. The molecule has 28 heavy (non-hydrogen) atoms. The van der Waals surface area contributed by atoms with Crippen molar-refractivity contribution in [3.63, 3.8) is 0 Å². The lowest BCUT2D eigenvalue weighted by molar-refractivity contribution is -0.119. The number of hydrogen-bond acceptors (Lipinski definition) is 2. The Hall–Kier alpha value is -2.27. The molecule has 0 aromatic heterocycles. The normalized spacial score (nSPS) is 20.7. The Labute approximate surface area is 165 Å². The Morgan fingerprint density at radius 2 is 1.86 bits per heavy atom. The van der Waals surface area contributed by atoms with Gasteiger partial charge in [-0.05, 0) is 67.5 Å². The van der Waals surface area contributed by atoms with E-state index in [2.05, 4.69) is 11.0 Å². The van der Waals surface area contributed by atoms with E-state index in [-0.39, 0.29) is 11.8 Å². The van der Waals surface area contributed by atoms with Crippen molar-refractivity contribution in [2.24, 2.45) is 0 Å². The molecular formula is C23H26F2N2O. The fourth-order valence-corrected chi connectivity index (χ4v) is 4.40. The molecule has 2 aliphatic rings. The highest BCUT2D eigenvalue weighted by molar-refractivity contribution is 5.94. The van der Waals surface area contributed by atoms with Crippen molar-refractivity contribution in [2.45, 2.75) is 38.0 Å². The molecule has 1 unspecified atom stereocenters. The van der Waals surface area contributed by atoms with Crippen LogP contribution in [0.1, 0.15) is 42.7 Å². The van der Waals surface area contributed by atoms with E-state index in [0.29, 0.717) is 6.42 Å². The second-order valence-electron chi connectivity index (χ2n) is 7.84. The van der Waals surface area contributed by atoms with Gasteiger partial charge in [0, 0.05) is 31.7 Å². The van der Waals surface area contributed by atoms with Crippen molar-refractivity contribution in [1.82, 2.24) is 4.90 Å². The second-order valence-corrected chi connectivity index (χ2v) is 7.84. The molecule has 2 aliphatic heterocycles. The smallest absolute Gasteiger partial charge is 0.226 e. The third-order valence-electron chi connectivity index (χ3n) is 5.99. The number of piperidine rings is 1. The minimum absolute atomic E-state index is 0.221. The molecule has 5 heteroatoms. The minimum Gasteiger partial charge on any atom is -0.312 e. The quantitative estimate of drug-likeness (QED) is 0.757. The molecule has 0 bridgehead atoms. The van der Waals surface area contributed by atoms with Gasteiger partial charge in [-0.15, -0.1) is 0 Å². The number of hydrogen-bond donors (Lipinski definition) is 0. The van der Waals surface area contributed by atoms with Crippen LogP contribution in [0, 0.1) is 11.6 Å². The van der Waals surface area contributed by atoms with E-state index < -0.39 is 11.6 Å². The van der Waals surface area contributed by atoms with E-state index >= 15 is 0 Å². The van der Waals surface area contributed by atoms with Crippen LogP contribution in [0.2, 0.25) is 0 Å². The first-order chi connectivity index (χ1) is 13.6. The van der Waals surface area contributed by atoms with E-state index in [9.17, 15) is 13.6 Å². The van der Waals surface area contributed by atoms with Gasteiger partial charge in [-0.3, -0.25) is 4.79 Å². The van der Waals surface area contributed by atoms with Gasteiger partial charge >= 0.3 is 0 Å². The van der Waals surface area contributed by atoms with Crippen molar-refractivity contribution < 1.29 is 13.6 Å². The van der Waals surface area contributed by atoms with Crippen LogP contribution in [0.5, 0.6) is 0 Å². The van der Waals surface area contributed by atoms with Gasteiger partial charge in [0.05, 0.1) is 0 Å². The van der Waals surface area contributed by atoms with Gasteiger partial charge in [-0.25, -0.2) is 8.78 Å². The molecule has 0 aliphatic carbocycles. The Balaban J connectivity index is 1.39. The molecule has 0 spiro atoms. The predicted octanol–water partition coefficient (Wildman–Crippen LogP) is 4.51. The van der Waals surface area contributed by atoms with Crippen molar-refractivity contribution in [2.75, 3.05) is 31.1 Å². The maximum absolute atomic E-state index is 13.5. The molecule has 2 aromatic rings. The fourth-order valence-electron chi connectivity index (χ4n) is 4.40. The number of halogens is 2. The predicted molar refractivity (Wildman–Crippen MR) is 107 cm³/mol. The van der Waals surface area contributed by atoms with Crippen LogP contribution in [0.25, 0.3) is 0 Å². The second kappa shape index (κ2) is 8.39. The number of anilines is 1. The van der Waals surface area contributed by atoms with E-state index in [1.54, 1.807) is 6.07 Å². The number of benzene rings is 2. The third-order valence-corrected chi connectivity index (χ3v) is 5.99. The zero-order valence-corrected chi connectivity index (χ0v) is 16.0. The lowest BCUT2D eigenvalue weighted by Gasteiger charge is -2.29. The zero-order chi connectivity index (χ0) is 19.5. The summed E-state index contributed by atoms with van der Waals surface area (Å²) in [5.41, 5.74) is 3.12. The Kier molecular flexibility index (Phi) is 5.72. The van der Waals surface area contributed by atoms with Gasteiger partial charge in [0.1, 0.15) is 0 Å². The average Bonchev–Trinajstić information content (AvgIpc) is 3.18. The van der Waals surface area contributed by atoms with Crippen LogP contribution in [-0.2, 0) is 11.2 Å². The first kappa shape index (κ1) is 19.1. The number of amides is 1. The summed E-state index contributed by atoms with van der Waals surface area (Å²) in [7, 11) is 0. The Bertz CT molecular complexity index is 854. The van der Waals surface area contributed by atoms with Crippen LogP contribution in [-0.4, -0.2) is 37.0 Å². The number of para-hydroxylation sites is 1. The summed E-state index contributed by atoms with van der Waals surface area (Å²) in [6, 6.07) is 12.4. The van der Waals surface area contributed by atoms with Crippen molar-refractivity contribution in [3.8, 4) is 0 Å². The summed E-state index contributed by atoms with van der Waals surface area (Å²) in [5.74, 6) is -1.09. The molecular weight excluding hydrogens is 358 g/mol. The summed E-state index contributed by atoms with van der Waals surface area (Å²) in [4.78, 5) is 16.6. The molecule has 0 saturated carbocycles. The van der Waals surface area contributed by atoms with E-state index in [0.717, 1.165) is 63.1 Å². The van der Waals surface area contributed by atoms with Gasteiger partial charge < -0.3 is 9.80 Å². The van der Waals surface area contributed by atoms with Crippen molar-refractivity contribution in [3.05, 3.63) is 65.2 Å². The van der Waals surface area contributed by atoms with Crippen LogP contribution in [0.4, 0.5) is 14.5 Å². The van der Waals surface area contributed by atoms with Gasteiger partial charge in [0.25, 0.3) is 0 Å². The van der Waals surface area contributed by atoms with E-state index in [1.165, 1.54) is 17.7 Å². The molecule has 0 radical (unpaired) electrons. The molecule has 2 heterocycles. The zero-order valence-electron chi connectivity index (χ0n) is 16.0. The number of rotatable bonds is 5. The molecule has 148 valence electrons. The topological polar surface area (TPSA) is 23.6 Å². The van der Waals surface area contributed by atoms with Crippen LogP contribution in [0.15, 0.2) is 42.5 Å². The van der Waals surface area contributed by atoms with Gasteiger partial charge in [0.15, 0.2) is 11.6 Å². The maximum Gasteiger partial charge on any atom is 0.226 e. The Morgan fingerprint density at radius 3 is 2.68 bits per heavy atom. The summed E-state index contributed by atoms with van der Waals surface area (Å²) in [6.07, 6.45) is 4.51. The highest BCUT2D eigenvalue weighted by atomic mass is 19.2. The molecule has 2 saturated heterocycles.